The summed E-state index contributed by atoms with van der Waals surface area (Å²) in [7, 11) is -1.41. The van der Waals surface area contributed by atoms with Gasteiger partial charge in [0.15, 0.2) is 0 Å². The molecule has 0 saturated carbocycles. The maximum Gasteiger partial charge on any atom is 0.126 e. The first-order chi connectivity index (χ1) is 20.8. The Morgan fingerprint density at radius 1 is 0.698 bits per heavy atom. The predicted molar refractivity (Wildman–Crippen MR) is 185 cm³/mol. The highest BCUT2D eigenvalue weighted by Crippen LogP contribution is 2.36. The summed E-state index contributed by atoms with van der Waals surface area (Å²) in [4.78, 5) is 0.956. The van der Waals surface area contributed by atoms with Gasteiger partial charge in [-0.05, 0) is 84.2 Å². The molecule has 0 heterocycles. The van der Waals surface area contributed by atoms with Gasteiger partial charge in [0, 0.05) is 0 Å². The van der Waals surface area contributed by atoms with Crippen LogP contribution in [0.15, 0.2) is 101 Å². The Morgan fingerprint density at radius 3 is 1.79 bits per heavy atom. The maximum absolute atomic E-state index is 14.6. The van der Waals surface area contributed by atoms with E-state index < -0.39 is 11.0 Å². The largest absolute Gasteiger partial charge is 0.308 e. The molecule has 0 aliphatic heterocycles. The maximum atomic E-state index is 14.6. The van der Waals surface area contributed by atoms with E-state index >= 15 is 0 Å². The van der Waals surface area contributed by atoms with E-state index in [4.69, 9.17) is 0 Å². The summed E-state index contributed by atoms with van der Waals surface area (Å²) >= 11 is 0. The summed E-state index contributed by atoms with van der Waals surface area (Å²) in [6.07, 6.45) is 12.5. The summed E-state index contributed by atoms with van der Waals surface area (Å²) in [5, 5.41) is 3.90. The minimum absolute atomic E-state index is 0.0377. The molecule has 0 aromatic heterocycles. The van der Waals surface area contributed by atoms with Crippen molar-refractivity contribution in [2.75, 3.05) is 6.54 Å². The van der Waals surface area contributed by atoms with Gasteiger partial charge in [0.1, 0.15) is 11.0 Å². The fourth-order valence-electron chi connectivity index (χ4n) is 5.94. The molecule has 0 bridgehead atoms. The molecule has 4 heteroatoms. The highest BCUT2D eigenvalue weighted by molar-refractivity contribution is 7.83. The first-order valence-electron chi connectivity index (χ1n) is 16.3. The smallest absolute Gasteiger partial charge is 0.126 e. The number of nitrogens with one attached hydrogen (secondary N) is 2. The van der Waals surface area contributed by atoms with Crippen molar-refractivity contribution in [3.63, 3.8) is 0 Å². The Balaban J connectivity index is 1.65. The van der Waals surface area contributed by atoms with Crippen LogP contribution in [0.4, 0.5) is 0 Å². The zero-order valence-electron chi connectivity index (χ0n) is 27.1. The third-order valence-corrected chi connectivity index (χ3v) is 9.84. The first-order valence-corrected chi connectivity index (χ1v) is 17.4. The molecular weight excluding hydrogens is 545 g/mol. The van der Waals surface area contributed by atoms with Crippen LogP contribution in [0, 0.1) is 0 Å². The van der Waals surface area contributed by atoms with E-state index in [1.165, 1.54) is 28.7 Å². The quantitative estimate of drug-likeness (QED) is 0.135. The number of hydrogen-bond acceptors (Lipinski definition) is 2. The molecule has 0 fully saturated rings. The lowest BCUT2D eigenvalue weighted by Gasteiger charge is -2.31. The lowest BCUT2D eigenvalue weighted by atomic mass is 9.89. The van der Waals surface area contributed by atoms with Gasteiger partial charge in [-0.3, -0.25) is 0 Å². The van der Waals surface area contributed by atoms with E-state index in [-0.39, 0.29) is 23.9 Å². The Kier molecular flexibility index (Phi) is 12.6. The van der Waals surface area contributed by atoms with Gasteiger partial charge < -0.3 is 5.32 Å². The van der Waals surface area contributed by atoms with E-state index in [0.717, 1.165) is 42.7 Å². The van der Waals surface area contributed by atoms with E-state index in [1.54, 1.807) is 5.57 Å². The van der Waals surface area contributed by atoms with E-state index in [2.05, 4.69) is 143 Å². The average molecular weight is 597 g/mol. The van der Waals surface area contributed by atoms with Crippen molar-refractivity contribution in [3.05, 3.63) is 124 Å². The number of unbranched alkanes of at least 4 members (excludes halogenated alkanes) is 1. The fraction of sp³-hybridized carbons (Fsp3) is 0.436. The fourth-order valence-corrected chi connectivity index (χ4v) is 7.58. The average Bonchev–Trinajstić information content (AvgIpc) is 3.02. The normalized spacial score (nSPS) is 15.6. The van der Waals surface area contributed by atoms with E-state index in [0.29, 0.717) is 5.92 Å². The standard InChI is InChI=1S/C39H52N2OS/c1-28(2)34-26-35(29(3)4)39(36(27-34)30(5)6)43(42)41-38(33-23-14-9-15-24-33)37(32-21-12-8-13-22-32)40-25-17-16-20-31-18-10-7-11-19-31/h7-10,12-15,19,21-24,26-30,37-38,40-41H,11,16-18,20,25H2,1-6H3/t37-,38-,43?/m0/s1. The Labute approximate surface area is 263 Å². The van der Waals surface area contributed by atoms with Gasteiger partial charge in [-0.2, -0.15) is 0 Å². The molecule has 230 valence electrons. The van der Waals surface area contributed by atoms with Crippen molar-refractivity contribution >= 4 is 11.0 Å². The monoisotopic (exact) mass is 596 g/mol. The first kappa shape index (κ1) is 33.1. The molecular formula is C39H52N2OS. The molecule has 2 N–H and O–H groups in total. The number of rotatable bonds is 15. The van der Waals surface area contributed by atoms with Gasteiger partial charge in [-0.1, -0.05) is 138 Å². The van der Waals surface area contributed by atoms with Crippen molar-refractivity contribution in [2.45, 2.75) is 108 Å². The second kappa shape index (κ2) is 16.3. The summed E-state index contributed by atoms with van der Waals surface area (Å²) in [6, 6.07) is 25.5. The van der Waals surface area contributed by atoms with Gasteiger partial charge in [-0.15, -0.1) is 0 Å². The van der Waals surface area contributed by atoms with Crippen molar-refractivity contribution in [1.29, 1.82) is 0 Å². The van der Waals surface area contributed by atoms with Crippen LogP contribution >= 0.6 is 0 Å². The van der Waals surface area contributed by atoms with Crippen LogP contribution in [0.25, 0.3) is 0 Å². The second-order valence-corrected chi connectivity index (χ2v) is 14.0. The lowest BCUT2D eigenvalue weighted by molar-refractivity contribution is 0.424. The van der Waals surface area contributed by atoms with Crippen molar-refractivity contribution < 1.29 is 4.21 Å². The number of benzene rings is 3. The molecule has 3 nitrogen and oxygen atoms in total. The topological polar surface area (TPSA) is 41.1 Å². The minimum Gasteiger partial charge on any atom is -0.308 e. The van der Waals surface area contributed by atoms with Crippen LogP contribution < -0.4 is 10.0 Å². The Bertz CT molecular complexity index is 1350. The van der Waals surface area contributed by atoms with Gasteiger partial charge in [0.25, 0.3) is 0 Å². The molecule has 1 unspecified atom stereocenters. The summed E-state index contributed by atoms with van der Waals surface area (Å²) < 4.78 is 18.3. The van der Waals surface area contributed by atoms with Crippen LogP contribution in [0.2, 0.25) is 0 Å². The summed E-state index contributed by atoms with van der Waals surface area (Å²) in [5.41, 5.74) is 7.58. The predicted octanol–water partition coefficient (Wildman–Crippen LogP) is 10.2. The molecule has 43 heavy (non-hydrogen) atoms. The number of hydrogen-bond donors (Lipinski definition) is 2. The third-order valence-electron chi connectivity index (χ3n) is 8.53. The lowest BCUT2D eigenvalue weighted by Crippen LogP contribution is -2.37. The molecule has 1 aliphatic carbocycles. The Morgan fingerprint density at radius 2 is 1.28 bits per heavy atom. The van der Waals surface area contributed by atoms with Gasteiger partial charge in [-0.25, -0.2) is 8.93 Å². The minimum atomic E-state index is -1.41. The van der Waals surface area contributed by atoms with Gasteiger partial charge in [0.05, 0.1) is 17.0 Å². The van der Waals surface area contributed by atoms with E-state index in [9.17, 15) is 4.21 Å². The molecule has 0 amide bonds. The van der Waals surface area contributed by atoms with Crippen LogP contribution in [-0.2, 0) is 11.0 Å². The van der Waals surface area contributed by atoms with Crippen molar-refractivity contribution in [1.82, 2.24) is 10.0 Å². The zero-order valence-corrected chi connectivity index (χ0v) is 27.9. The van der Waals surface area contributed by atoms with Crippen LogP contribution in [0.5, 0.6) is 0 Å². The molecule has 0 spiro atoms. The van der Waals surface area contributed by atoms with E-state index in [1.807, 2.05) is 0 Å². The van der Waals surface area contributed by atoms with Gasteiger partial charge >= 0.3 is 0 Å². The Hall–Kier alpha value is -2.79. The molecule has 0 saturated heterocycles. The van der Waals surface area contributed by atoms with Crippen LogP contribution in [0.1, 0.15) is 131 Å². The molecule has 1 aliphatic rings. The molecule has 3 aromatic carbocycles. The molecule has 3 aromatic rings. The van der Waals surface area contributed by atoms with Crippen LogP contribution in [0.3, 0.4) is 0 Å². The van der Waals surface area contributed by atoms with Crippen LogP contribution in [-0.4, -0.2) is 10.8 Å². The third kappa shape index (κ3) is 9.11. The highest BCUT2D eigenvalue weighted by Gasteiger charge is 2.29. The highest BCUT2D eigenvalue weighted by atomic mass is 32.2. The summed E-state index contributed by atoms with van der Waals surface area (Å²) in [5.74, 6) is 0.954. The molecule has 4 rings (SSSR count). The molecule has 0 radical (unpaired) electrons. The zero-order chi connectivity index (χ0) is 30.8. The second-order valence-electron chi connectivity index (χ2n) is 12.8. The van der Waals surface area contributed by atoms with Crippen molar-refractivity contribution in [2.24, 2.45) is 0 Å². The van der Waals surface area contributed by atoms with Gasteiger partial charge in [0.2, 0.25) is 0 Å². The SMILES string of the molecule is CC(C)c1cc(C(C)C)c(S(=O)N[C@@H](c2ccccc2)[C@@H](NCCCCC2=CCC=CC2)c2ccccc2)c(C(C)C)c1. The number of allylic oxidation sites excluding steroid dienone is 4. The molecule has 3 atom stereocenters. The summed E-state index contributed by atoms with van der Waals surface area (Å²) in [6.45, 7) is 14.2. The van der Waals surface area contributed by atoms with Crippen molar-refractivity contribution in [3.8, 4) is 0 Å².